The van der Waals surface area contributed by atoms with Crippen LogP contribution in [0.1, 0.15) is 30.7 Å². The maximum atomic E-state index is 13.0. The minimum Gasteiger partial charge on any atom is -0.299 e. The third-order valence-electron chi connectivity index (χ3n) is 2.64. The fraction of sp³-hybridized carbons (Fsp3) is 0.364. The second-order valence-corrected chi connectivity index (χ2v) is 3.98. The molecule has 0 aliphatic heterocycles. The van der Waals surface area contributed by atoms with Gasteiger partial charge in [0.15, 0.2) is 0 Å². The Morgan fingerprint density at radius 2 is 2.21 bits per heavy atom. The highest BCUT2D eigenvalue weighted by Crippen LogP contribution is 2.35. The van der Waals surface area contributed by atoms with E-state index in [4.69, 9.17) is 11.6 Å². The molecule has 0 bridgehead atoms. The zero-order chi connectivity index (χ0) is 10.1. The summed E-state index contributed by atoms with van der Waals surface area (Å²) in [4.78, 5) is 11.5. The van der Waals surface area contributed by atoms with E-state index in [-0.39, 0.29) is 17.5 Å². The number of halogens is 2. The number of carbonyl (C=O) groups is 1. The summed E-state index contributed by atoms with van der Waals surface area (Å²) in [7, 11) is 0. The number of Topliss-reactive ketones (excluding diaryl/α,β-unsaturated/α-hetero) is 1. The van der Waals surface area contributed by atoms with Crippen molar-refractivity contribution in [3.63, 3.8) is 0 Å². The predicted octanol–water partition coefficient (Wildman–Crippen LogP) is 3.32. The van der Waals surface area contributed by atoms with Gasteiger partial charge in [0, 0.05) is 17.4 Å². The van der Waals surface area contributed by atoms with Gasteiger partial charge >= 0.3 is 0 Å². The summed E-state index contributed by atoms with van der Waals surface area (Å²) in [6.07, 6.45) is 2.27. The van der Waals surface area contributed by atoms with Crippen LogP contribution in [0.15, 0.2) is 18.2 Å². The molecule has 0 spiro atoms. The van der Waals surface area contributed by atoms with Gasteiger partial charge in [-0.1, -0.05) is 11.6 Å². The van der Waals surface area contributed by atoms with Crippen LogP contribution in [-0.2, 0) is 4.79 Å². The van der Waals surface area contributed by atoms with E-state index in [0.717, 1.165) is 12.8 Å². The molecule has 0 N–H and O–H groups in total. The number of rotatable bonds is 1. The molecule has 2 rings (SSSR count). The predicted molar refractivity (Wildman–Crippen MR) is 53.0 cm³/mol. The summed E-state index contributed by atoms with van der Waals surface area (Å²) in [6, 6.07) is 4.19. The fourth-order valence-corrected chi connectivity index (χ4v) is 2.18. The number of hydrogen-bond donors (Lipinski definition) is 0. The van der Waals surface area contributed by atoms with Gasteiger partial charge in [0.05, 0.1) is 0 Å². The first kappa shape index (κ1) is 9.66. The number of ketones is 1. The summed E-state index contributed by atoms with van der Waals surface area (Å²) < 4.78 is 13.0. The molecule has 0 aromatic heterocycles. The van der Waals surface area contributed by atoms with E-state index in [9.17, 15) is 9.18 Å². The lowest BCUT2D eigenvalue weighted by atomic mass is 9.97. The number of carbonyl (C=O) groups excluding carboxylic acids is 1. The lowest BCUT2D eigenvalue weighted by Crippen LogP contribution is -2.05. The van der Waals surface area contributed by atoms with Crippen LogP contribution in [0.5, 0.6) is 0 Å². The van der Waals surface area contributed by atoms with Gasteiger partial charge in [0.25, 0.3) is 0 Å². The molecular formula is C11H10ClFO. The van der Waals surface area contributed by atoms with E-state index in [1.54, 1.807) is 0 Å². The van der Waals surface area contributed by atoms with E-state index < -0.39 is 0 Å². The highest BCUT2D eigenvalue weighted by Gasteiger charge is 2.27. The lowest BCUT2D eigenvalue weighted by Gasteiger charge is -2.10. The van der Waals surface area contributed by atoms with Crippen LogP contribution >= 0.6 is 11.6 Å². The Balaban J connectivity index is 2.39. The highest BCUT2D eigenvalue weighted by atomic mass is 35.5. The van der Waals surface area contributed by atoms with Gasteiger partial charge in [-0.25, -0.2) is 4.39 Å². The minimum atomic E-state index is -0.330. The first-order valence-corrected chi connectivity index (χ1v) is 5.04. The monoisotopic (exact) mass is 212 g/mol. The van der Waals surface area contributed by atoms with Crippen molar-refractivity contribution in [2.75, 3.05) is 0 Å². The van der Waals surface area contributed by atoms with Crippen molar-refractivity contribution < 1.29 is 9.18 Å². The smallest absolute Gasteiger partial charge is 0.140 e. The molecule has 1 aromatic carbocycles. The standard InChI is InChI=1S/C11H10ClFO/c12-10-5-4-7(13)6-9(10)8-2-1-3-11(8)14/h4-6,8H,1-3H2. The normalized spacial score (nSPS) is 21.6. The first-order chi connectivity index (χ1) is 6.68. The molecule has 1 atom stereocenters. The van der Waals surface area contributed by atoms with Crippen molar-refractivity contribution >= 4 is 17.4 Å². The van der Waals surface area contributed by atoms with Crippen molar-refractivity contribution in [3.8, 4) is 0 Å². The Morgan fingerprint density at radius 3 is 2.86 bits per heavy atom. The van der Waals surface area contributed by atoms with Crippen molar-refractivity contribution in [2.45, 2.75) is 25.2 Å². The quantitative estimate of drug-likeness (QED) is 0.698. The Morgan fingerprint density at radius 1 is 1.43 bits per heavy atom. The SMILES string of the molecule is O=C1CCCC1c1cc(F)ccc1Cl. The molecule has 1 aliphatic rings. The Hall–Kier alpha value is -0.890. The molecule has 1 unspecified atom stereocenters. The number of benzene rings is 1. The van der Waals surface area contributed by atoms with Crippen molar-refractivity contribution in [1.29, 1.82) is 0 Å². The first-order valence-electron chi connectivity index (χ1n) is 4.66. The molecule has 0 amide bonds. The largest absolute Gasteiger partial charge is 0.299 e. The molecular weight excluding hydrogens is 203 g/mol. The van der Waals surface area contributed by atoms with Crippen LogP contribution < -0.4 is 0 Å². The van der Waals surface area contributed by atoms with Crippen LogP contribution in [0.2, 0.25) is 5.02 Å². The molecule has 1 nitrogen and oxygen atoms in total. The van der Waals surface area contributed by atoms with E-state index in [0.29, 0.717) is 17.0 Å². The molecule has 0 heterocycles. The Bertz CT molecular complexity index is 376. The third-order valence-corrected chi connectivity index (χ3v) is 2.98. The van der Waals surface area contributed by atoms with Gasteiger partial charge in [-0.15, -0.1) is 0 Å². The Kier molecular flexibility index (Phi) is 2.55. The topological polar surface area (TPSA) is 17.1 Å². The third kappa shape index (κ3) is 1.67. The van der Waals surface area contributed by atoms with Crippen LogP contribution in [0.3, 0.4) is 0 Å². The molecule has 1 fully saturated rings. The maximum Gasteiger partial charge on any atom is 0.140 e. The van der Waals surface area contributed by atoms with Crippen LogP contribution in [0, 0.1) is 5.82 Å². The fourth-order valence-electron chi connectivity index (χ4n) is 1.93. The molecule has 0 radical (unpaired) electrons. The van der Waals surface area contributed by atoms with Crippen molar-refractivity contribution in [2.24, 2.45) is 0 Å². The van der Waals surface area contributed by atoms with Gasteiger partial charge in [-0.2, -0.15) is 0 Å². The van der Waals surface area contributed by atoms with E-state index in [2.05, 4.69) is 0 Å². The Labute approximate surface area is 86.9 Å². The van der Waals surface area contributed by atoms with Crippen LogP contribution in [0.25, 0.3) is 0 Å². The maximum absolute atomic E-state index is 13.0. The second kappa shape index (κ2) is 3.70. The zero-order valence-corrected chi connectivity index (χ0v) is 8.35. The molecule has 0 saturated heterocycles. The number of hydrogen-bond acceptors (Lipinski definition) is 1. The minimum absolute atomic E-state index is 0.178. The van der Waals surface area contributed by atoms with Gasteiger partial charge < -0.3 is 0 Å². The summed E-state index contributed by atoms with van der Waals surface area (Å²) in [5.74, 6) is -0.334. The summed E-state index contributed by atoms with van der Waals surface area (Å²) in [6.45, 7) is 0. The molecule has 14 heavy (non-hydrogen) atoms. The van der Waals surface area contributed by atoms with Crippen molar-refractivity contribution in [1.82, 2.24) is 0 Å². The molecule has 3 heteroatoms. The summed E-state index contributed by atoms with van der Waals surface area (Å²) in [5.41, 5.74) is 0.647. The average molecular weight is 213 g/mol. The van der Waals surface area contributed by atoms with Gasteiger partial charge in [0.1, 0.15) is 11.6 Å². The van der Waals surface area contributed by atoms with Gasteiger partial charge in [0.2, 0.25) is 0 Å². The lowest BCUT2D eigenvalue weighted by molar-refractivity contribution is -0.118. The summed E-state index contributed by atoms with van der Waals surface area (Å²) in [5, 5.41) is 0.492. The van der Waals surface area contributed by atoms with Gasteiger partial charge in [-0.05, 0) is 36.6 Å². The molecule has 1 aromatic rings. The second-order valence-electron chi connectivity index (χ2n) is 3.58. The molecule has 1 aliphatic carbocycles. The van der Waals surface area contributed by atoms with E-state index >= 15 is 0 Å². The van der Waals surface area contributed by atoms with Crippen molar-refractivity contribution in [3.05, 3.63) is 34.6 Å². The van der Waals surface area contributed by atoms with E-state index in [1.165, 1.54) is 18.2 Å². The van der Waals surface area contributed by atoms with E-state index in [1.807, 2.05) is 0 Å². The average Bonchev–Trinajstić information content (AvgIpc) is 2.56. The van der Waals surface area contributed by atoms with Gasteiger partial charge in [-0.3, -0.25) is 4.79 Å². The van der Waals surface area contributed by atoms with Crippen LogP contribution in [-0.4, -0.2) is 5.78 Å². The van der Waals surface area contributed by atoms with Crippen LogP contribution in [0.4, 0.5) is 4.39 Å². The summed E-state index contributed by atoms with van der Waals surface area (Å²) >= 11 is 5.92. The zero-order valence-electron chi connectivity index (χ0n) is 7.59. The highest BCUT2D eigenvalue weighted by molar-refractivity contribution is 6.31. The molecule has 74 valence electrons. The molecule has 1 saturated carbocycles.